The van der Waals surface area contributed by atoms with Crippen LogP contribution in [0.2, 0.25) is 0 Å². The van der Waals surface area contributed by atoms with E-state index in [1.54, 1.807) is 6.92 Å². The van der Waals surface area contributed by atoms with Crippen LogP contribution in [0.15, 0.2) is 0 Å². The van der Waals surface area contributed by atoms with Crippen molar-refractivity contribution in [2.45, 2.75) is 19.8 Å². The Morgan fingerprint density at radius 2 is 1.09 bits per heavy atom. The van der Waals surface area contributed by atoms with Crippen LogP contribution in [0.1, 0.15) is 19.8 Å². The Labute approximate surface area is 128 Å². The number of hydrogen-bond donors (Lipinski definition) is 0. The van der Waals surface area contributed by atoms with Gasteiger partial charge >= 0.3 is 21.1 Å². The van der Waals surface area contributed by atoms with E-state index in [0.717, 1.165) is 12.8 Å². The molecule has 0 saturated heterocycles. The molecule has 0 bridgehead atoms. The van der Waals surface area contributed by atoms with Gasteiger partial charge in [0.15, 0.2) is 0 Å². The summed E-state index contributed by atoms with van der Waals surface area (Å²) in [5.41, 5.74) is 0. The first-order valence-electron chi connectivity index (χ1n) is 2.21. The van der Waals surface area contributed by atoms with E-state index in [9.17, 15) is 0 Å². The Morgan fingerprint density at radius 1 is 1.00 bits per heavy atom. The maximum Gasteiger partial charge on any atom is 2.00 e. The summed E-state index contributed by atoms with van der Waals surface area (Å²) in [5.74, 6) is 0. The topological polar surface area (TPSA) is 0 Å². The van der Waals surface area contributed by atoms with Gasteiger partial charge in [-0.1, -0.05) is 0 Å². The van der Waals surface area contributed by atoms with E-state index < -0.39 is 0 Å². The average molecular weight is 458 g/mol. The molecule has 1 atom stereocenters. The molecule has 0 aliphatic heterocycles. The summed E-state index contributed by atoms with van der Waals surface area (Å²) in [6.45, 7) is 12.1. The molecule has 4 heteroatoms. The molecule has 0 spiro atoms. The molecular weight excluding hydrogens is 439 g/mol. The summed E-state index contributed by atoms with van der Waals surface area (Å²) in [4.78, 5) is 0. The van der Waals surface area contributed by atoms with Crippen molar-refractivity contribution in [2.24, 2.45) is 0 Å². The molecule has 0 aromatic heterocycles. The van der Waals surface area contributed by atoms with Crippen molar-refractivity contribution in [1.29, 1.82) is 0 Å². The van der Waals surface area contributed by atoms with Crippen molar-refractivity contribution in [1.82, 2.24) is 0 Å². The smallest absolute Gasteiger partial charge is 0.358 e. The van der Waals surface area contributed by atoms with Gasteiger partial charge in [-0.2, -0.15) is 16.8 Å². The summed E-state index contributed by atoms with van der Waals surface area (Å²) in [5, 5.41) is 0. The van der Waals surface area contributed by atoms with Gasteiger partial charge in [-0.15, -0.1) is 0 Å². The third kappa shape index (κ3) is 103. The van der Waals surface area contributed by atoms with E-state index in [2.05, 4.69) is 20.8 Å². The third-order valence-corrected chi connectivity index (χ3v) is 0.250. The van der Waals surface area contributed by atoms with E-state index >= 15 is 0 Å². The predicted molar refractivity (Wildman–Crippen MR) is 48.5 cm³/mol. The quantitative estimate of drug-likeness (QED) is 0.419. The van der Waals surface area contributed by atoms with Crippen LogP contribution in [0.25, 0.3) is 0 Å². The monoisotopic (exact) mass is 458 g/mol. The van der Waals surface area contributed by atoms with Crippen LogP contribution in [0, 0.1) is 28.2 Å². The maximum atomic E-state index is 3.54. The van der Waals surface area contributed by atoms with Crippen molar-refractivity contribution in [3.05, 3.63) is 28.2 Å². The van der Waals surface area contributed by atoms with Gasteiger partial charge < -0.3 is 28.2 Å². The number of unbranched alkanes of at least 4 members (excludes halogenated alkanes) is 1. The van der Waals surface area contributed by atoms with Gasteiger partial charge in [-0.05, 0) is 0 Å². The van der Waals surface area contributed by atoms with E-state index in [1.807, 2.05) is 0 Å². The summed E-state index contributed by atoms with van der Waals surface area (Å²) in [6.07, 6.45) is 1.92. The minimum absolute atomic E-state index is 0. The molecule has 0 aliphatic carbocycles. The van der Waals surface area contributed by atoms with Crippen LogP contribution in [0.3, 0.4) is 0 Å². The molecule has 0 saturated carbocycles. The minimum Gasteiger partial charge on any atom is -0.358 e. The van der Waals surface area contributed by atoms with Crippen LogP contribution in [0.5, 0.6) is 0 Å². The van der Waals surface area contributed by atoms with Gasteiger partial charge in [0.25, 0.3) is 0 Å². The molecule has 0 heterocycles. The van der Waals surface area contributed by atoms with Gasteiger partial charge in [-0.25, -0.2) is 12.8 Å². The summed E-state index contributed by atoms with van der Waals surface area (Å²) >= 11 is 0. The SMILES string of the molecule is P.[CH2-]C.[CH2-]CC[CH2-].[CH3-].[V].[W+2].[Y]. The van der Waals surface area contributed by atoms with Gasteiger partial charge in [0.2, 0.25) is 0 Å². The standard InChI is InChI=1S/C4H8.C2H5.CH3.H3P.V.W.Y/c1-3-4-2;1-2;;;;;/h1-4H2;1H2,2H3;2*1H3;;;/q-2;2*-1;;;+2;. The first-order chi connectivity index (χ1) is 2.91. The Hall–Kier alpha value is 2.81. The molecule has 0 amide bonds. The maximum absolute atomic E-state index is 3.54. The second-order valence-electron chi connectivity index (χ2n) is 0.707. The fourth-order valence-electron chi connectivity index (χ4n) is 0. The minimum atomic E-state index is 0. The first kappa shape index (κ1) is 48.9. The van der Waals surface area contributed by atoms with E-state index in [-0.39, 0.29) is 89.7 Å². The summed E-state index contributed by atoms with van der Waals surface area (Å²) in [7, 11) is 0. The molecule has 0 aromatic rings. The number of rotatable bonds is 1. The van der Waals surface area contributed by atoms with Crippen molar-refractivity contribution in [3.63, 3.8) is 0 Å². The molecule has 0 fully saturated rings. The molecule has 2 radical (unpaired) electrons. The van der Waals surface area contributed by atoms with Crippen molar-refractivity contribution >= 4 is 9.90 Å². The Balaban J connectivity index is -0.00000000432. The van der Waals surface area contributed by atoms with E-state index in [1.165, 1.54) is 0 Å². The zero-order valence-electron chi connectivity index (χ0n) is 7.68. The molecule has 0 aromatic carbocycles. The Kier molecular flexibility index (Phi) is 343. The normalized spacial score (nSPS) is 3.27. The van der Waals surface area contributed by atoms with Crippen molar-refractivity contribution < 1.29 is 72.3 Å². The van der Waals surface area contributed by atoms with Crippen LogP contribution in [-0.2, 0) is 72.3 Å². The third-order valence-electron chi connectivity index (χ3n) is 0.250. The Bertz CT molecular complexity index is 20.4. The van der Waals surface area contributed by atoms with Crippen molar-refractivity contribution in [2.75, 3.05) is 0 Å². The second-order valence-corrected chi connectivity index (χ2v) is 0.707. The van der Waals surface area contributed by atoms with Crippen LogP contribution < -0.4 is 0 Å². The molecule has 68 valence electrons. The largest absolute Gasteiger partial charge is 2.00 e. The van der Waals surface area contributed by atoms with Gasteiger partial charge in [0, 0.05) is 51.3 Å². The molecule has 11 heavy (non-hydrogen) atoms. The molecule has 0 nitrogen and oxygen atoms in total. The van der Waals surface area contributed by atoms with E-state index in [0.29, 0.717) is 0 Å². The van der Waals surface area contributed by atoms with Gasteiger partial charge in [0.05, 0.1) is 0 Å². The summed E-state index contributed by atoms with van der Waals surface area (Å²) < 4.78 is 0. The predicted octanol–water partition coefficient (Wildman–Crippen LogP) is 2.78. The van der Waals surface area contributed by atoms with E-state index in [4.69, 9.17) is 0 Å². The number of hydrogen-bond acceptors (Lipinski definition) is 0. The average Bonchev–Trinajstić information content (AvgIpc) is 1.72. The zero-order valence-corrected chi connectivity index (χ0v) is 16.3. The van der Waals surface area contributed by atoms with Gasteiger partial charge in [-0.3, -0.25) is 0 Å². The first-order valence-corrected chi connectivity index (χ1v) is 2.21. The zero-order chi connectivity index (χ0) is 5.41. The fraction of sp³-hybridized carbons (Fsp3) is 0.429. The van der Waals surface area contributed by atoms with Crippen LogP contribution in [0.4, 0.5) is 0 Å². The molecule has 1 unspecified atom stereocenters. The molecular formula is C7H19PVWY-2. The fourth-order valence-corrected chi connectivity index (χ4v) is 0. The molecule has 0 rings (SSSR count). The van der Waals surface area contributed by atoms with Crippen LogP contribution >= 0.6 is 9.90 Å². The Morgan fingerprint density at radius 3 is 1.09 bits per heavy atom. The van der Waals surface area contributed by atoms with Gasteiger partial charge in [0.1, 0.15) is 0 Å². The van der Waals surface area contributed by atoms with Crippen molar-refractivity contribution in [3.8, 4) is 0 Å². The summed E-state index contributed by atoms with van der Waals surface area (Å²) in [6, 6.07) is 0. The second kappa shape index (κ2) is 77.3. The molecule has 0 N–H and O–H groups in total. The van der Waals surface area contributed by atoms with Crippen LogP contribution in [-0.4, -0.2) is 0 Å². The molecule has 0 aliphatic rings.